The van der Waals surface area contributed by atoms with E-state index in [1.165, 1.54) is 6.07 Å². The van der Waals surface area contributed by atoms with Crippen LogP contribution in [0.4, 0.5) is 0 Å². The lowest BCUT2D eigenvalue weighted by atomic mass is 10.0. The molecule has 0 saturated heterocycles. The van der Waals surface area contributed by atoms with E-state index in [-0.39, 0.29) is 12.2 Å². The highest BCUT2D eigenvalue weighted by Gasteiger charge is 2.22. The van der Waals surface area contributed by atoms with Crippen molar-refractivity contribution in [3.05, 3.63) is 51.9 Å². The molecule has 2 heterocycles. The molecule has 18 heavy (non-hydrogen) atoms. The van der Waals surface area contributed by atoms with Gasteiger partial charge in [0.25, 0.3) is 5.91 Å². The summed E-state index contributed by atoms with van der Waals surface area (Å²) in [6.45, 7) is 0.246. The van der Waals surface area contributed by atoms with Crippen LogP contribution in [0.5, 0.6) is 5.75 Å². The Labute approximate surface area is 102 Å². The van der Waals surface area contributed by atoms with Crippen LogP contribution >= 0.6 is 0 Å². The lowest BCUT2D eigenvalue weighted by Gasteiger charge is -2.18. The molecule has 0 unspecified atom stereocenters. The van der Waals surface area contributed by atoms with Crippen LogP contribution < -0.4 is 16.1 Å². The molecule has 1 aliphatic heterocycles. The Bertz CT molecular complexity index is 702. The molecule has 3 rings (SSSR count). The van der Waals surface area contributed by atoms with Gasteiger partial charge in [0, 0.05) is 5.56 Å². The number of ether oxygens (including phenoxy) is 1. The molecule has 2 aromatic rings. The first kappa shape index (κ1) is 10.6. The molecule has 1 aromatic heterocycles. The van der Waals surface area contributed by atoms with E-state index in [0.29, 0.717) is 22.6 Å². The number of primary amides is 1. The second-order valence-corrected chi connectivity index (χ2v) is 3.95. The van der Waals surface area contributed by atoms with Crippen LogP contribution in [-0.2, 0) is 6.61 Å². The third kappa shape index (κ3) is 1.48. The van der Waals surface area contributed by atoms with Gasteiger partial charge in [-0.1, -0.05) is 12.1 Å². The predicted octanol–water partition coefficient (Wildman–Crippen LogP) is 1.30. The van der Waals surface area contributed by atoms with Gasteiger partial charge in [0.05, 0.1) is 5.56 Å². The van der Waals surface area contributed by atoms with Gasteiger partial charge >= 0.3 is 5.63 Å². The topological polar surface area (TPSA) is 82.5 Å². The van der Waals surface area contributed by atoms with E-state index < -0.39 is 11.5 Å². The summed E-state index contributed by atoms with van der Waals surface area (Å²) in [7, 11) is 0. The molecule has 5 heteroatoms. The third-order valence-electron chi connectivity index (χ3n) is 2.81. The lowest BCUT2D eigenvalue weighted by molar-refractivity contribution is 0.0996. The van der Waals surface area contributed by atoms with Gasteiger partial charge in [-0.15, -0.1) is 0 Å². The van der Waals surface area contributed by atoms with Crippen LogP contribution in [0.25, 0.3) is 11.3 Å². The van der Waals surface area contributed by atoms with Crippen LogP contribution in [0.1, 0.15) is 15.9 Å². The first-order chi connectivity index (χ1) is 8.66. The second-order valence-electron chi connectivity index (χ2n) is 3.95. The summed E-state index contributed by atoms with van der Waals surface area (Å²) in [6, 6.07) is 8.67. The molecule has 0 atom stereocenters. The summed E-state index contributed by atoms with van der Waals surface area (Å²) >= 11 is 0. The highest BCUT2D eigenvalue weighted by molar-refractivity contribution is 5.92. The molecule has 0 fully saturated rings. The molecule has 1 aromatic carbocycles. The quantitative estimate of drug-likeness (QED) is 0.818. The second kappa shape index (κ2) is 3.73. The number of para-hydroxylation sites is 1. The molecular formula is C13H9NO4. The zero-order valence-electron chi connectivity index (χ0n) is 9.30. The van der Waals surface area contributed by atoms with Gasteiger partial charge in [-0.3, -0.25) is 4.79 Å². The fraction of sp³-hybridized carbons (Fsp3) is 0.0769. The number of carbonyl (C=O) groups is 1. The van der Waals surface area contributed by atoms with E-state index in [9.17, 15) is 9.59 Å². The molecule has 90 valence electrons. The molecule has 1 aliphatic rings. The normalized spacial score (nSPS) is 12.2. The van der Waals surface area contributed by atoms with E-state index in [1.807, 2.05) is 12.1 Å². The largest absolute Gasteiger partial charge is 0.488 e. The molecule has 0 bridgehead atoms. The number of hydrogen-bond donors (Lipinski definition) is 1. The van der Waals surface area contributed by atoms with Crippen molar-refractivity contribution in [1.82, 2.24) is 0 Å². The van der Waals surface area contributed by atoms with E-state index in [2.05, 4.69) is 0 Å². The van der Waals surface area contributed by atoms with E-state index in [4.69, 9.17) is 14.9 Å². The van der Waals surface area contributed by atoms with E-state index >= 15 is 0 Å². The zero-order valence-corrected chi connectivity index (χ0v) is 9.30. The maximum Gasteiger partial charge on any atom is 0.349 e. The first-order valence-electron chi connectivity index (χ1n) is 5.36. The fourth-order valence-corrected chi connectivity index (χ4v) is 1.95. The molecule has 2 N–H and O–H groups in total. The van der Waals surface area contributed by atoms with Gasteiger partial charge < -0.3 is 14.9 Å². The van der Waals surface area contributed by atoms with Crippen molar-refractivity contribution in [2.75, 3.05) is 0 Å². The van der Waals surface area contributed by atoms with Crippen LogP contribution in [-0.4, -0.2) is 5.91 Å². The standard InChI is InChI=1S/C13H9NO4/c14-12(15)9-5-7-6-17-10-4-2-1-3-8(10)11(7)18-13(9)16/h1-5H,6H2,(H2,14,15). The van der Waals surface area contributed by atoms with Crippen molar-refractivity contribution < 1.29 is 13.9 Å². The first-order valence-corrected chi connectivity index (χ1v) is 5.36. The number of carbonyl (C=O) groups excluding carboxylic acids is 1. The summed E-state index contributed by atoms with van der Waals surface area (Å²) in [5.41, 5.74) is 5.56. The fourth-order valence-electron chi connectivity index (χ4n) is 1.95. The average molecular weight is 243 g/mol. The van der Waals surface area contributed by atoms with Gasteiger partial charge in [-0.05, 0) is 18.2 Å². The van der Waals surface area contributed by atoms with E-state index in [0.717, 1.165) is 0 Å². The van der Waals surface area contributed by atoms with Gasteiger partial charge in [0.1, 0.15) is 23.7 Å². The Morgan fingerprint density at radius 2 is 2.06 bits per heavy atom. The lowest BCUT2D eigenvalue weighted by Crippen LogP contribution is -2.22. The van der Waals surface area contributed by atoms with Crippen molar-refractivity contribution in [1.29, 1.82) is 0 Å². The number of rotatable bonds is 1. The van der Waals surface area contributed by atoms with Gasteiger partial charge in [0.2, 0.25) is 0 Å². The Morgan fingerprint density at radius 3 is 2.83 bits per heavy atom. The van der Waals surface area contributed by atoms with Crippen molar-refractivity contribution in [3.8, 4) is 17.1 Å². The number of hydrogen-bond acceptors (Lipinski definition) is 4. The molecule has 1 amide bonds. The number of fused-ring (bicyclic) bond motifs is 3. The SMILES string of the molecule is NC(=O)c1cc2c(oc1=O)-c1ccccc1OC2. The molecule has 0 aliphatic carbocycles. The molecule has 0 spiro atoms. The van der Waals surface area contributed by atoms with Crippen molar-refractivity contribution in [3.63, 3.8) is 0 Å². The number of benzene rings is 1. The molecule has 5 nitrogen and oxygen atoms in total. The van der Waals surface area contributed by atoms with Gasteiger partial charge in [-0.25, -0.2) is 4.79 Å². The highest BCUT2D eigenvalue weighted by atomic mass is 16.5. The number of nitrogens with two attached hydrogens (primary N) is 1. The summed E-state index contributed by atoms with van der Waals surface area (Å²) in [6.07, 6.45) is 0. The van der Waals surface area contributed by atoms with Crippen molar-refractivity contribution in [2.24, 2.45) is 5.73 Å². The maximum absolute atomic E-state index is 11.6. The van der Waals surface area contributed by atoms with Gasteiger partial charge in [0.15, 0.2) is 0 Å². The minimum absolute atomic E-state index is 0.156. The van der Waals surface area contributed by atoms with Crippen LogP contribution in [0, 0.1) is 0 Å². The summed E-state index contributed by atoms with van der Waals surface area (Å²) in [4.78, 5) is 22.7. The molecule has 0 radical (unpaired) electrons. The third-order valence-corrected chi connectivity index (χ3v) is 2.81. The summed E-state index contributed by atoms with van der Waals surface area (Å²) in [5.74, 6) is 0.289. The smallest absolute Gasteiger partial charge is 0.349 e. The summed E-state index contributed by atoms with van der Waals surface area (Å²) in [5, 5.41) is 0. The van der Waals surface area contributed by atoms with Crippen molar-refractivity contribution >= 4 is 5.91 Å². The van der Waals surface area contributed by atoms with Gasteiger partial charge in [-0.2, -0.15) is 0 Å². The van der Waals surface area contributed by atoms with Crippen molar-refractivity contribution in [2.45, 2.75) is 6.61 Å². The Hall–Kier alpha value is -2.56. The molecule has 0 saturated carbocycles. The monoisotopic (exact) mass is 243 g/mol. The predicted molar refractivity (Wildman–Crippen MR) is 63.3 cm³/mol. The van der Waals surface area contributed by atoms with Crippen LogP contribution in [0.2, 0.25) is 0 Å². The summed E-state index contributed by atoms with van der Waals surface area (Å²) < 4.78 is 10.7. The minimum atomic E-state index is -0.801. The highest BCUT2D eigenvalue weighted by Crippen LogP contribution is 2.36. The zero-order chi connectivity index (χ0) is 12.7. The Kier molecular flexibility index (Phi) is 2.19. The Morgan fingerprint density at radius 1 is 1.28 bits per heavy atom. The average Bonchev–Trinajstić information content (AvgIpc) is 2.37. The maximum atomic E-state index is 11.6. The molecular weight excluding hydrogens is 234 g/mol. The van der Waals surface area contributed by atoms with Crippen LogP contribution in [0.3, 0.4) is 0 Å². The minimum Gasteiger partial charge on any atom is -0.488 e. The number of amides is 1. The Balaban J connectivity index is 2.27. The van der Waals surface area contributed by atoms with Crippen LogP contribution in [0.15, 0.2) is 39.5 Å². The van der Waals surface area contributed by atoms with E-state index in [1.54, 1.807) is 12.1 Å².